The molecule has 5 N–H and O–H groups in total. The summed E-state index contributed by atoms with van der Waals surface area (Å²) in [6, 6.07) is 14.6. The number of ketones is 2. The molecule has 2 aliphatic heterocycles. The third-order valence-corrected chi connectivity index (χ3v) is 11.1. The van der Waals surface area contributed by atoms with Crippen LogP contribution in [0.5, 0.6) is 0 Å². The summed E-state index contributed by atoms with van der Waals surface area (Å²) in [5, 5.41) is 15.3. The topological polar surface area (TPSA) is 247 Å². The Morgan fingerprint density at radius 2 is 1.52 bits per heavy atom. The number of Topliss-reactive ketones (excluding diaryl/α,β-unsaturated/α-hetero) is 2. The van der Waals surface area contributed by atoms with Crippen molar-refractivity contribution >= 4 is 41.3 Å². The van der Waals surface area contributed by atoms with Gasteiger partial charge >= 0.3 is 11.9 Å². The van der Waals surface area contributed by atoms with E-state index in [1.807, 2.05) is 25.1 Å². The summed E-state index contributed by atoms with van der Waals surface area (Å²) in [6.45, 7) is 4.35. The number of benzene rings is 2. The van der Waals surface area contributed by atoms with Gasteiger partial charge in [0.15, 0.2) is 16.6 Å². The van der Waals surface area contributed by atoms with Crippen molar-refractivity contribution in [3.05, 3.63) is 81.9 Å². The fourth-order valence-electron chi connectivity index (χ4n) is 7.77. The van der Waals surface area contributed by atoms with Gasteiger partial charge in [0.25, 0.3) is 5.96 Å². The highest BCUT2D eigenvalue weighted by molar-refractivity contribution is 5.96. The molecule has 60 heavy (non-hydrogen) atoms. The van der Waals surface area contributed by atoms with Crippen molar-refractivity contribution in [1.82, 2.24) is 15.1 Å². The van der Waals surface area contributed by atoms with Crippen LogP contribution in [-0.2, 0) is 40.1 Å². The molecule has 2 heterocycles. The second-order valence-electron chi connectivity index (χ2n) is 15.5. The highest BCUT2D eigenvalue weighted by Crippen LogP contribution is 2.30. The van der Waals surface area contributed by atoms with Crippen LogP contribution in [-0.4, -0.2) is 100.0 Å². The van der Waals surface area contributed by atoms with Gasteiger partial charge in [0.05, 0.1) is 17.5 Å². The second-order valence-corrected chi connectivity index (χ2v) is 15.5. The van der Waals surface area contributed by atoms with Crippen LogP contribution in [0.2, 0.25) is 0 Å². The Morgan fingerprint density at radius 1 is 0.883 bits per heavy atom. The van der Waals surface area contributed by atoms with Gasteiger partial charge < -0.3 is 36.1 Å². The maximum absolute atomic E-state index is 14.3. The summed E-state index contributed by atoms with van der Waals surface area (Å²) in [6.07, 6.45) is 3.94. The van der Waals surface area contributed by atoms with Gasteiger partial charge in [-0.25, -0.2) is 14.9 Å². The number of hydrogen-bond acceptors (Lipinski definition) is 11. The molecule has 0 bridgehead atoms. The molecule has 326 valence electrons. The summed E-state index contributed by atoms with van der Waals surface area (Å²) in [5.74, 6) is -4.60. The number of likely N-dealkylation sites (tertiary alicyclic amines) is 2. The average molecular weight is 834 g/mol. The molecular weight excluding hydrogens is 775 g/mol. The minimum atomic E-state index is -1.16. The van der Waals surface area contributed by atoms with E-state index in [1.165, 1.54) is 4.90 Å². The van der Waals surface area contributed by atoms with Gasteiger partial charge in [-0.3, -0.25) is 24.0 Å². The standard InChI is InChI=1S/C43H59N7O10/c1-3-4-7-19-32(26-37(52)38(44)29(2)60-42(56)31-17-10-6-11-18-31)39(53)49-25-14-22-35(49)40(54)48-24-13-21-34(48)36(51)27-33(20-12-23-46-43(45)47-50(57)58)41(55)59-28-30-15-8-5-9-16-30/h5-6,8-11,15-18,29,32-35,38H,3-4,7,12-14,19-28,44H2,1-2H3,(H3,45,46,47). The van der Waals surface area contributed by atoms with Crippen molar-refractivity contribution < 1.29 is 43.3 Å². The molecule has 0 radical (unpaired) electrons. The Kier molecular flexibility index (Phi) is 18.6. The Morgan fingerprint density at radius 3 is 2.18 bits per heavy atom. The van der Waals surface area contributed by atoms with Crippen LogP contribution in [0.4, 0.5) is 0 Å². The third-order valence-electron chi connectivity index (χ3n) is 11.1. The molecule has 0 spiro atoms. The maximum Gasteiger partial charge on any atom is 0.338 e. The van der Waals surface area contributed by atoms with Crippen molar-refractivity contribution in [2.45, 2.75) is 122 Å². The number of esters is 2. The highest BCUT2D eigenvalue weighted by atomic mass is 16.7. The lowest BCUT2D eigenvalue weighted by Gasteiger charge is -2.33. The molecule has 17 nitrogen and oxygen atoms in total. The number of unbranched alkanes of at least 4 members (excludes halogenated alkanes) is 2. The first kappa shape index (κ1) is 47.0. The Hall–Kier alpha value is -5.71. The van der Waals surface area contributed by atoms with Crippen LogP contribution in [0.15, 0.2) is 65.8 Å². The number of nitro groups is 1. The summed E-state index contributed by atoms with van der Waals surface area (Å²) in [7, 11) is 0. The van der Waals surface area contributed by atoms with Crippen LogP contribution in [0.3, 0.4) is 0 Å². The number of nitrogens with zero attached hydrogens (tertiary/aromatic N) is 4. The van der Waals surface area contributed by atoms with Crippen LogP contribution < -0.4 is 16.8 Å². The lowest BCUT2D eigenvalue weighted by Crippen LogP contribution is -2.52. The maximum atomic E-state index is 14.3. The number of carbonyl (C=O) groups is 6. The fraction of sp³-hybridized carbons (Fsp3) is 0.558. The lowest BCUT2D eigenvalue weighted by atomic mass is 9.90. The van der Waals surface area contributed by atoms with Crippen LogP contribution in [0.1, 0.15) is 107 Å². The van der Waals surface area contributed by atoms with Crippen molar-refractivity contribution in [2.75, 3.05) is 19.6 Å². The van der Waals surface area contributed by atoms with E-state index in [1.54, 1.807) is 54.3 Å². The molecule has 2 fully saturated rings. The first-order valence-corrected chi connectivity index (χ1v) is 20.9. The number of carbonyl (C=O) groups excluding carboxylic acids is 6. The Balaban J connectivity index is 1.42. The molecule has 2 aromatic carbocycles. The van der Waals surface area contributed by atoms with E-state index in [0.29, 0.717) is 63.6 Å². The number of ether oxygens (including phenoxy) is 2. The predicted molar refractivity (Wildman–Crippen MR) is 221 cm³/mol. The average Bonchev–Trinajstić information content (AvgIpc) is 3.94. The van der Waals surface area contributed by atoms with E-state index in [4.69, 9.17) is 20.9 Å². The van der Waals surface area contributed by atoms with Crippen LogP contribution in [0, 0.1) is 22.0 Å². The molecule has 0 saturated carbocycles. The zero-order valence-electron chi connectivity index (χ0n) is 34.6. The van der Waals surface area contributed by atoms with E-state index in [-0.39, 0.29) is 50.0 Å². The van der Waals surface area contributed by atoms with Crippen molar-refractivity contribution in [2.24, 2.45) is 28.4 Å². The lowest BCUT2D eigenvalue weighted by molar-refractivity contribution is -0.485. The Bertz CT molecular complexity index is 1810. The fourth-order valence-corrected chi connectivity index (χ4v) is 7.77. The number of hydrazone groups is 1. The number of nitrogens with two attached hydrogens (primary N) is 2. The summed E-state index contributed by atoms with van der Waals surface area (Å²) >= 11 is 0. The second kappa shape index (κ2) is 23.8. The van der Waals surface area contributed by atoms with Gasteiger partial charge in [0, 0.05) is 38.4 Å². The Labute approximate surface area is 350 Å². The first-order valence-electron chi connectivity index (χ1n) is 20.9. The molecule has 17 heteroatoms. The highest BCUT2D eigenvalue weighted by Gasteiger charge is 2.44. The largest absolute Gasteiger partial charge is 0.461 e. The van der Waals surface area contributed by atoms with Gasteiger partial charge in [-0.05, 0) is 69.6 Å². The quantitative estimate of drug-likeness (QED) is 0.0360. The molecule has 0 aliphatic carbocycles. The molecule has 0 aromatic heterocycles. The molecule has 2 aliphatic rings. The van der Waals surface area contributed by atoms with Crippen molar-refractivity contribution in [3.63, 3.8) is 0 Å². The van der Waals surface area contributed by atoms with E-state index in [2.05, 4.69) is 10.4 Å². The smallest absolute Gasteiger partial charge is 0.338 e. The molecule has 2 amide bonds. The molecule has 6 unspecified atom stereocenters. The first-order chi connectivity index (χ1) is 28.8. The predicted octanol–water partition coefficient (Wildman–Crippen LogP) is 3.89. The third kappa shape index (κ3) is 14.0. The van der Waals surface area contributed by atoms with Crippen LogP contribution in [0.25, 0.3) is 0 Å². The van der Waals surface area contributed by atoms with E-state index in [9.17, 15) is 38.9 Å². The normalized spacial score (nSPS) is 18.6. The summed E-state index contributed by atoms with van der Waals surface area (Å²) in [5.41, 5.74) is 12.9. The molecule has 6 atom stereocenters. The van der Waals surface area contributed by atoms with Gasteiger partial charge in [-0.15, -0.1) is 0 Å². The van der Waals surface area contributed by atoms with Crippen molar-refractivity contribution in [3.8, 4) is 0 Å². The number of hydrogen-bond donors (Lipinski definition) is 3. The minimum Gasteiger partial charge on any atom is -0.461 e. The van der Waals surface area contributed by atoms with Gasteiger partial charge in [-0.1, -0.05) is 74.7 Å². The summed E-state index contributed by atoms with van der Waals surface area (Å²) < 4.78 is 11.1. The molecule has 2 aromatic rings. The monoisotopic (exact) mass is 833 g/mol. The summed E-state index contributed by atoms with van der Waals surface area (Å²) in [4.78, 5) is 95.8. The molecule has 2 saturated heterocycles. The number of rotatable bonds is 23. The van der Waals surface area contributed by atoms with Crippen molar-refractivity contribution in [1.29, 1.82) is 0 Å². The molecule has 4 rings (SSSR count). The van der Waals surface area contributed by atoms with Gasteiger partial charge in [0.2, 0.25) is 11.8 Å². The minimum absolute atomic E-state index is 0.00233. The zero-order chi connectivity index (χ0) is 43.6. The number of amides is 2. The SMILES string of the molecule is CCCCCC(CC(=O)C(N)C(C)OC(=O)c1ccccc1)C(=O)N1CCCC1C(=O)N1CCCC1C(=O)CC(CCCNC(N)=N[N+](=O)[O-])C(=O)OCc1ccccc1. The van der Waals surface area contributed by atoms with Gasteiger partial charge in [0.1, 0.15) is 29.9 Å². The van der Waals surface area contributed by atoms with E-state index < -0.39 is 64.8 Å². The number of nitrogens with one attached hydrogen (secondary N) is 1. The van der Waals surface area contributed by atoms with E-state index in [0.717, 1.165) is 18.4 Å². The zero-order valence-corrected chi connectivity index (χ0v) is 34.6. The molecular formula is C43H59N7O10. The van der Waals surface area contributed by atoms with E-state index >= 15 is 0 Å². The number of guanidine groups is 1. The van der Waals surface area contributed by atoms with Crippen LogP contribution >= 0.6 is 0 Å². The van der Waals surface area contributed by atoms with Gasteiger partial charge in [-0.2, -0.15) is 0 Å².